The molecule has 0 bridgehead atoms. The van der Waals surface area contributed by atoms with E-state index in [4.69, 9.17) is 21.4 Å². The highest BCUT2D eigenvalue weighted by atomic mass is 35.5. The maximum absolute atomic E-state index is 10.5. The number of rotatable bonds is 5. The summed E-state index contributed by atoms with van der Waals surface area (Å²) in [5.41, 5.74) is 0.385. The fourth-order valence-corrected chi connectivity index (χ4v) is 1.28. The van der Waals surface area contributed by atoms with Crippen LogP contribution in [0.1, 0.15) is 12.5 Å². The predicted molar refractivity (Wildman–Crippen MR) is 60.0 cm³/mol. The van der Waals surface area contributed by atoms with Gasteiger partial charge in [-0.15, -0.1) is 0 Å². The highest BCUT2D eigenvalue weighted by Gasteiger charge is 2.13. The molecule has 1 N–H and O–H groups in total. The summed E-state index contributed by atoms with van der Waals surface area (Å²) in [4.78, 5) is 20.4. The molecule has 0 spiro atoms. The third-order valence-corrected chi connectivity index (χ3v) is 2.44. The van der Waals surface area contributed by atoms with Crippen LogP contribution in [0.25, 0.3) is 0 Å². The molecule has 0 aromatic heterocycles. The van der Waals surface area contributed by atoms with Gasteiger partial charge in [0, 0.05) is 12.1 Å². The Morgan fingerprint density at radius 3 is 2.76 bits per heavy atom. The SMILES string of the molecule is CC(OCc1ccc([N+](=O)[O-])cc1Cl)C(=O)O. The van der Waals surface area contributed by atoms with Crippen LogP contribution in [0.3, 0.4) is 0 Å². The Bertz CT molecular complexity index is 448. The molecule has 0 fully saturated rings. The average Bonchev–Trinajstić information content (AvgIpc) is 2.26. The van der Waals surface area contributed by atoms with Crippen molar-refractivity contribution in [2.45, 2.75) is 19.6 Å². The van der Waals surface area contributed by atoms with Gasteiger partial charge in [0.1, 0.15) is 0 Å². The summed E-state index contributed by atoms with van der Waals surface area (Å²) in [6.07, 6.45) is -0.957. The van der Waals surface area contributed by atoms with E-state index in [1.54, 1.807) is 0 Å². The molecular weight excluding hydrogens is 250 g/mol. The van der Waals surface area contributed by atoms with Gasteiger partial charge in [-0.1, -0.05) is 11.6 Å². The van der Waals surface area contributed by atoms with Crippen LogP contribution in [-0.2, 0) is 16.1 Å². The van der Waals surface area contributed by atoms with Crippen LogP contribution in [0.4, 0.5) is 5.69 Å². The monoisotopic (exact) mass is 259 g/mol. The number of benzene rings is 1. The first-order valence-corrected chi connectivity index (χ1v) is 5.07. The number of nitro benzene ring substituents is 1. The molecule has 1 unspecified atom stereocenters. The number of carboxylic acids is 1. The molecule has 0 saturated heterocycles. The highest BCUT2D eigenvalue weighted by molar-refractivity contribution is 6.31. The zero-order valence-corrected chi connectivity index (χ0v) is 9.68. The van der Waals surface area contributed by atoms with Crippen LogP contribution >= 0.6 is 11.6 Å². The molecule has 1 rings (SSSR count). The molecule has 0 aliphatic rings. The molecule has 0 heterocycles. The maximum atomic E-state index is 10.5. The second-order valence-corrected chi connectivity index (χ2v) is 3.73. The van der Waals surface area contributed by atoms with Crippen molar-refractivity contribution >= 4 is 23.3 Å². The van der Waals surface area contributed by atoms with Gasteiger partial charge in [0.2, 0.25) is 0 Å². The van der Waals surface area contributed by atoms with Gasteiger partial charge in [-0.05, 0) is 18.6 Å². The zero-order chi connectivity index (χ0) is 13.0. The van der Waals surface area contributed by atoms with Crippen molar-refractivity contribution in [3.63, 3.8) is 0 Å². The Labute approximate surface area is 102 Å². The minimum absolute atomic E-state index is 0.00963. The quantitative estimate of drug-likeness (QED) is 0.647. The van der Waals surface area contributed by atoms with E-state index < -0.39 is 17.0 Å². The molecule has 1 aromatic carbocycles. The van der Waals surface area contributed by atoms with Crippen LogP contribution in [-0.4, -0.2) is 22.1 Å². The van der Waals surface area contributed by atoms with Crippen molar-refractivity contribution in [2.24, 2.45) is 0 Å². The second-order valence-electron chi connectivity index (χ2n) is 3.32. The maximum Gasteiger partial charge on any atom is 0.332 e. The minimum Gasteiger partial charge on any atom is -0.479 e. The number of halogens is 1. The van der Waals surface area contributed by atoms with Crippen LogP contribution in [0, 0.1) is 10.1 Å². The topological polar surface area (TPSA) is 89.7 Å². The molecule has 0 radical (unpaired) electrons. The van der Waals surface area contributed by atoms with Gasteiger partial charge in [0.05, 0.1) is 16.6 Å². The molecule has 0 amide bonds. The van der Waals surface area contributed by atoms with Crippen molar-refractivity contribution < 1.29 is 19.6 Å². The Kier molecular flexibility index (Phi) is 4.42. The molecule has 7 heteroatoms. The molecule has 1 atom stereocenters. The van der Waals surface area contributed by atoms with Crippen LogP contribution in [0.5, 0.6) is 0 Å². The first-order chi connectivity index (χ1) is 7.91. The molecule has 0 aliphatic carbocycles. The number of non-ortho nitro benzene ring substituents is 1. The Hall–Kier alpha value is -1.66. The van der Waals surface area contributed by atoms with Crippen LogP contribution in [0.2, 0.25) is 5.02 Å². The number of hydrogen-bond acceptors (Lipinski definition) is 4. The fourth-order valence-electron chi connectivity index (χ4n) is 1.05. The van der Waals surface area contributed by atoms with E-state index in [1.165, 1.54) is 25.1 Å². The van der Waals surface area contributed by atoms with Crippen molar-refractivity contribution in [3.05, 3.63) is 38.9 Å². The fraction of sp³-hybridized carbons (Fsp3) is 0.300. The third kappa shape index (κ3) is 3.69. The first kappa shape index (κ1) is 13.4. The molecule has 92 valence electrons. The van der Waals surface area contributed by atoms with Gasteiger partial charge in [0.15, 0.2) is 6.10 Å². The molecule has 0 saturated carbocycles. The standard InChI is InChI=1S/C10H10ClNO5/c1-6(10(13)14)17-5-7-2-3-8(12(15)16)4-9(7)11/h2-4,6H,5H2,1H3,(H,13,14). The number of nitro groups is 1. The first-order valence-electron chi connectivity index (χ1n) is 4.69. The predicted octanol–water partition coefficient (Wildman–Crippen LogP) is 2.24. The molecule has 17 heavy (non-hydrogen) atoms. The number of hydrogen-bond donors (Lipinski definition) is 1. The van der Waals surface area contributed by atoms with Crippen LogP contribution in [0.15, 0.2) is 18.2 Å². The lowest BCUT2D eigenvalue weighted by molar-refractivity contribution is -0.384. The summed E-state index contributed by atoms with van der Waals surface area (Å²) in [6, 6.07) is 3.93. The normalized spacial score (nSPS) is 12.1. The number of aliphatic carboxylic acids is 1. The summed E-state index contributed by atoms with van der Waals surface area (Å²) in [7, 11) is 0. The van der Waals surface area contributed by atoms with Gasteiger partial charge in [-0.3, -0.25) is 10.1 Å². The molecule has 0 aliphatic heterocycles. The summed E-state index contributed by atoms with van der Waals surface area (Å²) in [6.45, 7) is 1.38. The zero-order valence-electron chi connectivity index (χ0n) is 8.92. The average molecular weight is 260 g/mol. The van der Waals surface area contributed by atoms with Crippen LogP contribution < -0.4 is 0 Å². The third-order valence-electron chi connectivity index (χ3n) is 2.08. The van der Waals surface area contributed by atoms with E-state index in [-0.39, 0.29) is 17.3 Å². The van der Waals surface area contributed by atoms with E-state index in [0.717, 1.165) is 0 Å². The summed E-state index contributed by atoms with van der Waals surface area (Å²) in [5.74, 6) is -1.08. The van der Waals surface area contributed by atoms with Gasteiger partial charge < -0.3 is 9.84 Å². The van der Waals surface area contributed by atoms with Gasteiger partial charge in [-0.25, -0.2) is 4.79 Å². The lowest BCUT2D eigenvalue weighted by atomic mass is 10.2. The largest absolute Gasteiger partial charge is 0.479 e. The van der Waals surface area contributed by atoms with Gasteiger partial charge in [0.25, 0.3) is 5.69 Å². The minimum atomic E-state index is -1.08. The van der Waals surface area contributed by atoms with Crippen molar-refractivity contribution in [2.75, 3.05) is 0 Å². The number of nitrogens with zero attached hydrogens (tertiary/aromatic N) is 1. The van der Waals surface area contributed by atoms with E-state index in [0.29, 0.717) is 5.56 Å². The van der Waals surface area contributed by atoms with E-state index in [2.05, 4.69) is 0 Å². The molecule has 6 nitrogen and oxygen atoms in total. The van der Waals surface area contributed by atoms with Crippen molar-refractivity contribution in [1.82, 2.24) is 0 Å². The summed E-state index contributed by atoms with van der Waals surface area (Å²) in [5, 5.41) is 19.2. The smallest absolute Gasteiger partial charge is 0.332 e. The van der Waals surface area contributed by atoms with Gasteiger partial charge >= 0.3 is 5.97 Å². The second kappa shape index (κ2) is 5.60. The highest BCUT2D eigenvalue weighted by Crippen LogP contribution is 2.23. The molecule has 1 aromatic rings. The van der Waals surface area contributed by atoms with Crippen molar-refractivity contribution in [1.29, 1.82) is 0 Å². The summed E-state index contributed by atoms with van der Waals surface area (Å²) < 4.78 is 5.02. The lowest BCUT2D eigenvalue weighted by Gasteiger charge is -2.09. The molecular formula is C10H10ClNO5. The number of ether oxygens (including phenoxy) is 1. The Morgan fingerprint density at radius 2 is 2.29 bits per heavy atom. The Balaban J connectivity index is 2.73. The number of carbonyl (C=O) groups is 1. The van der Waals surface area contributed by atoms with Crippen molar-refractivity contribution in [3.8, 4) is 0 Å². The summed E-state index contributed by atoms with van der Waals surface area (Å²) >= 11 is 5.80. The Morgan fingerprint density at radius 1 is 1.65 bits per heavy atom. The van der Waals surface area contributed by atoms with E-state index in [1.807, 2.05) is 0 Å². The van der Waals surface area contributed by atoms with E-state index >= 15 is 0 Å². The van der Waals surface area contributed by atoms with E-state index in [9.17, 15) is 14.9 Å². The number of carboxylic acid groups (broad SMARTS) is 1. The lowest BCUT2D eigenvalue weighted by Crippen LogP contribution is -2.19. The van der Waals surface area contributed by atoms with Gasteiger partial charge in [-0.2, -0.15) is 0 Å².